The lowest BCUT2D eigenvalue weighted by Crippen LogP contribution is -2.25. The maximum absolute atomic E-state index is 12.5. The smallest absolute Gasteiger partial charge is 0.306 e. The summed E-state index contributed by atoms with van der Waals surface area (Å²) < 4.78 is 13.2. The van der Waals surface area contributed by atoms with Crippen molar-refractivity contribution in [2.75, 3.05) is 6.61 Å². The van der Waals surface area contributed by atoms with Crippen LogP contribution in [0.15, 0.2) is 17.4 Å². The van der Waals surface area contributed by atoms with E-state index in [9.17, 15) is 14.7 Å². The number of esters is 1. The Labute approximate surface area is 194 Å². The first kappa shape index (κ1) is 25.4. The summed E-state index contributed by atoms with van der Waals surface area (Å²) in [7, 11) is 0. The first-order valence-electron chi connectivity index (χ1n) is 12.5. The number of unbranched alkanes of at least 4 members (excludes halogenated alkanes) is 10. The second-order valence-electron chi connectivity index (χ2n) is 8.94. The van der Waals surface area contributed by atoms with Crippen LogP contribution in [0.2, 0.25) is 0 Å². The predicted molar refractivity (Wildman–Crippen MR) is 125 cm³/mol. The molecule has 0 amide bonds. The Balaban J connectivity index is 1.40. The van der Waals surface area contributed by atoms with E-state index in [1.165, 1.54) is 64.0 Å². The van der Waals surface area contributed by atoms with Crippen molar-refractivity contribution in [3.05, 3.63) is 23.0 Å². The van der Waals surface area contributed by atoms with Gasteiger partial charge >= 0.3 is 5.97 Å². The lowest BCUT2D eigenvalue weighted by molar-refractivity contribution is -0.155. The Morgan fingerprint density at radius 1 is 1.12 bits per heavy atom. The molecule has 9 nitrogen and oxygen atoms in total. The van der Waals surface area contributed by atoms with Crippen LogP contribution in [0.5, 0.6) is 0 Å². The highest BCUT2D eigenvalue weighted by Crippen LogP contribution is 2.33. The molecule has 2 aromatic rings. The SMILES string of the molecule is CCCCCCCCCCCCCC(=O)O[C@@H]1C[C@@H](CO)O[C@H]1n1cnc2c(=O)[nH]cnc21. The molecule has 2 N–H and O–H groups in total. The third kappa shape index (κ3) is 7.37. The second kappa shape index (κ2) is 13.4. The normalized spacial score (nSPS) is 20.5. The fourth-order valence-electron chi connectivity index (χ4n) is 4.40. The molecule has 184 valence electrons. The van der Waals surface area contributed by atoms with E-state index < -0.39 is 18.4 Å². The molecule has 0 aromatic carbocycles. The number of nitrogens with zero attached hydrogens (tertiary/aromatic N) is 3. The molecule has 3 atom stereocenters. The van der Waals surface area contributed by atoms with Crippen LogP contribution in [0.25, 0.3) is 11.2 Å². The molecule has 0 spiro atoms. The van der Waals surface area contributed by atoms with Gasteiger partial charge in [0.1, 0.15) is 6.10 Å². The number of ether oxygens (including phenoxy) is 2. The number of aromatic amines is 1. The van der Waals surface area contributed by atoms with Gasteiger partial charge in [-0.05, 0) is 6.42 Å². The number of H-pyrrole nitrogens is 1. The summed E-state index contributed by atoms with van der Waals surface area (Å²) in [6, 6.07) is 0. The monoisotopic (exact) mass is 462 g/mol. The summed E-state index contributed by atoms with van der Waals surface area (Å²) in [5.74, 6) is -0.265. The third-order valence-electron chi connectivity index (χ3n) is 6.26. The van der Waals surface area contributed by atoms with E-state index in [-0.39, 0.29) is 23.7 Å². The zero-order valence-corrected chi connectivity index (χ0v) is 19.7. The molecule has 0 aliphatic carbocycles. The minimum atomic E-state index is -0.678. The summed E-state index contributed by atoms with van der Waals surface area (Å²) in [5.41, 5.74) is 0.203. The molecule has 3 heterocycles. The van der Waals surface area contributed by atoms with Crippen LogP contribution in [0.4, 0.5) is 0 Å². The van der Waals surface area contributed by atoms with Crippen molar-refractivity contribution < 1.29 is 19.4 Å². The van der Waals surface area contributed by atoms with Gasteiger partial charge in [-0.2, -0.15) is 0 Å². The van der Waals surface area contributed by atoms with Crippen LogP contribution in [0, 0.1) is 0 Å². The van der Waals surface area contributed by atoms with E-state index in [4.69, 9.17) is 9.47 Å². The largest absolute Gasteiger partial charge is 0.457 e. The Hall–Kier alpha value is -2.26. The number of imidazole rings is 1. The topological polar surface area (TPSA) is 119 Å². The van der Waals surface area contributed by atoms with Crippen molar-refractivity contribution in [2.24, 2.45) is 0 Å². The van der Waals surface area contributed by atoms with E-state index >= 15 is 0 Å². The van der Waals surface area contributed by atoms with Crippen LogP contribution >= 0.6 is 0 Å². The highest BCUT2D eigenvalue weighted by Gasteiger charge is 2.39. The van der Waals surface area contributed by atoms with Gasteiger partial charge in [-0.25, -0.2) is 9.97 Å². The Bertz CT molecular complexity index is 912. The van der Waals surface area contributed by atoms with Crippen LogP contribution in [0.3, 0.4) is 0 Å². The quantitative estimate of drug-likeness (QED) is 0.303. The van der Waals surface area contributed by atoms with Gasteiger partial charge in [0.2, 0.25) is 0 Å². The van der Waals surface area contributed by atoms with Crippen LogP contribution in [-0.4, -0.2) is 49.4 Å². The Morgan fingerprint density at radius 2 is 1.79 bits per heavy atom. The number of aliphatic hydroxyl groups is 1. The summed E-state index contributed by atoms with van der Waals surface area (Å²) in [6.07, 6.45) is 15.3. The van der Waals surface area contributed by atoms with E-state index in [1.54, 1.807) is 4.57 Å². The number of nitrogens with one attached hydrogen (secondary N) is 1. The van der Waals surface area contributed by atoms with Crippen molar-refractivity contribution >= 4 is 17.1 Å². The zero-order chi connectivity index (χ0) is 23.5. The fourth-order valence-corrected chi connectivity index (χ4v) is 4.40. The lowest BCUT2D eigenvalue weighted by Gasteiger charge is -2.20. The van der Waals surface area contributed by atoms with Gasteiger partial charge in [0.05, 0.1) is 25.4 Å². The van der Waals surface area contributed by atoms with Crippen LogP contribution in [0.1, 0.15) is 96.6 Å². The number of aliphatic hydroxyl groups excluding tert-OH is 1. The second-order valence-corrected chi connectivity index (χ2v) is 8.94. The minimum Gasteiger partial charge on any atom is -0.457 e. The van der Waals surface area contributed by atoms with Gasteiger partial charge in [-0.1, -0.05) is 71.1 Å². The molecule has 0 bridgehead atoms. The molecule has 1 aliphatic heterocycles. The number of aromatic nitrogens is 4. The van der Waals surface area contributed by atoms with Crippen molar-refractivity contribution in [1.29, 1.82) is 0 Å². The molecule has 3 rings (SSSR count). The molecule has 0 unspecified atom stereocenters. The average molecular weight is 463 g/mol. The number of fused-ring (bicyclic) bond motifs is 1. The number of carbonyl (C=O) groups is 1. The van der Waals surface area contributed by atoms with Crippen LogP contribution in [-0.2, 0) is 14.3 Å². The molecule has 1 aliphatic rings. The third-order valence-corrected chi connectivity index (χ3v) is 6.26. The molecule has 0 saturated carbocycles. The number of rotatable bonds is 15. The minimum absolute atomic E-state index is 0.177. The molecule has 0 radical (unpaired) electrons. The Morgan fingerprint density at radius 3 is 2.45 bits per heavy atom. The molecule has 1 fully saturated rings. The predicted octanol–water partition coefficient (Wildman–Crippen LogP) is 4.01. The Kier molecular flexibility index (Phi) is 10.3. The van der Waals surface area contributed by atoms with Crippen molar-refractivity contribution in [2.45, 2.75) is 109 Å². The van der Waals surface area contributed by atoms with Crippen molar-refractivity contribution in [3.63, 3.8) is 0 Å². The van der Waals surface area contributed by atoms with Crippen LogP contribution < -0.4 is 5.56 Å². The summed E-state index contributed by atoms with van der Waals surface area (Å²) in [5, 5.41) is 9.55. The lowest BCUT2D eigenvalue weighted by atomic mass is 10.1. The van der Waals surface area contributed by atoms with Gasteiger partial charge in [0.15, 0.2) is 17.4 Å². The first-order valence-corrected chi connectivity index (χ1v) is 12.5. The summed E-state index contributed by atoms with van der Waals surface area (Å²) in [6.45, 7) is 2.06. The summed E-state index contributed by atoms with van der Waals surface area (Å²) >= 11 is 0. The molecule has 1 saturated heterocycles. The average Bonchev–Trinajstić information content (AvgIpc) is 3.42. The number of hydrogen-bond donors (Lipinski definition) is 2. The van der Waals surface area contributed by atoms with Crippen molar-refractivity contribution in [3.8, 4) is 0 Å². The molecule has 33 heavy (non-hydrogen) atoms. The van der Waals surface area contributed by atoms with E-state index in [0.29, 0.717) is 18.5 Å². The molecule has 2 aromatic heterocycles. The van der Waals surface area contributed by atoms with Gasteiger partial charge in [0, 0.05) is 12.8 Å². The maximum atomic E-state index is 12.5. The maximum Gasteiger partial charge on any atom is 0.306 e. The standard InChI is InChI=1S/C24H38N4O5/c1-2-3-4-5-6-7-8-9-10-11-12-13-20(30)33-19-14-18(15-29)32-24(19)28-17-27-21-22(28)25-16-26-23(21)31/h16-19,24,29H,2-15H2,1H3,(H,25,26,31)/t18-,19+,24+/m0/s1. The summed E-state index contributed by atoms with van der Waals surface area (Å²) in [4.78, 5) is 35.2. The van der Waals surface area contributed by atoms with E-state index in [2.05, 4.69) is 21.9 Å². The molecular weight excluding hydrogens is 424 g/mol. The van der Waals surface area contributed by atoms with Gasteiger partial charge in [0.25, 0.3) is 5.56 Å². The van der Waals surface area contributed by atoms with E-state index in [1.807, 2.05) is 0 Å². The first-order chi connectivity index (χ1) is 16.1. The number of carbonyl (C=O) groups excluding carboxylic acids is 1. The zero-order valence-electron chi connectivity index (χ0n) is 19.7. The molecule has 9 heteroatoms. The van der Waals surface area contributed by atoms with Gasteiger partial charge < -0.3 is 19.6 Å². The highest BCUT2D eigenvalue weighted by atomic mass is 16.6. The van der Waals surface area contributed by atoms with Gasteiger partial charge in [-0.15, -0.1) is 0 Å². The number of hydrogen-bond acceptors (Lipinski definition) is 7. The van der Waals surface area contributed by atoms with Gasteiger partial charge in [-0.3, -0.25) is 14.2 Å². The highest BCUT2D eigenvalue weighted by molar-refractivity contribution is 5.70. The van der Waals surface area contributed by atoms with E-state index in [0.717, 1.165) is 19.3 Å². The fraction of sp³-hybridized carbons (Fsp3) is 0.750. The van der Waals surface area contributed by atoms with Crippen molar-refractivity contribution in [1.82, 2.24) is 19.5 Å². The molecular formula is C24H38N4O5.